The number of nitrogens with zero attached hydrogens (tertiary/aromatic N) is 3. The Labute approximate surface area is 170 Å². The van der Waals surface area contributed by atoms with E-state index in [2.05, 4.69) is 17.3 Å². The molecule has 6 nitrogen and oxygen atoms in total. The molecule has 1 fully saturated rings. The van der Waals surface area contributed by atoms with Gasteiger partial charge >= 0.3 is 0 Å². The second kappa shape index (κ2) is 9.15. The number of hydrogen-bond donors (Lipinski definition) is 1. The maximum absolute atomic E-state index is 12.7. The summed E-state index contributed by atoms with van der Waals surface area (Å²) in [5.41, 5.74) is 1.22. The van der Waals surface area contributed by atoms with Crippen LogP contribution in [-0.2, 0) is 16.1 Å². The molecule has 0 spiro atoms. The number of aromatic nitrogens is 2. The van der Waals surface area contributed by atoms with E-state index in [1.54, 1.807) is 27.4 Å². The lowest BCUT2D eigenvalue weighted by atomic mass is 10.1. The molecule has 0 aromatic carbocycles. The number of thioether (sulfide) groups is 1. The lowest BCUT2D eigenvalue weighted by Crippen LogP contribution is -2.52. The smallest absolute Gasteiger partial charge is 0.247 e. The Morgan fingerprint density at radius 3 is 2.74 bits per heavy atom. The van der Waals surface area contributed by atoms with Crippen LogP contribution in [0.25, 0.3) is 6.08 Å². The van der Waals surface area contributed by atoms with Gasteiger partial charge in [-0.05, 0) is 40.2 Å². The Hall–Kier alpha value is -1.47. The predicted octanol–water partition coefficient (Wildman–Crippen LogP) is 3.47. The second-order valence-corrected chi connectivity index (χ2v) is 9.12. The van der Waals surface area contributed by atoms with E-state index in [-0.39, 0.29) is 17.4 Å². The van der Waals surface area contributed by atoms with Crippen molar-refractivity contribution in [2.24, 2.45) is 0 Å². The normalized spacial score (nSPS) is 17.7. The summed E-state index contributed by atoms with van der Waals surface area (Å²) in [4.78, 5) is 26.8. The first-order valence-corrected chi connectivity index (χ1v) is 10.8. The van der Waals surface area contributed by atoms with Gasteiger partial charge < -0.3 is 10.2 Å². The van der Waals surface area contributed by atoms with Gasteiger partial charge in [-0.25, -0.2) is 0 Å². The van der Waals surface area contributed by atoms with Gasteiger partial charge in [-0.3, -0.25) is 14.3 Å². The van der Waals surface area contributed by atoms with Crippen LogP contribution in [0.15, 0.2) is 6.08 Å². The topological polar surface area (TPSA) is 67.2 Å². The fourth-order valence-corrected chi connectivity index (χ4v) is 4.28. The number of aryl methyl sites for hydroxylation is 2. The molecule has 0 aliphatic carbocycles. The largest absolute Gasteiger partial charge is 0.350 e. The summed E-state index contributed by atoms with van der Waals surface area (Å²) in [5.74, 6) is 0.811. The number of unbranched alkanes of at least 4 members (excludes halogenated alkanes) is 1. The molecule has 1 atom stereocenters. The Kier molecular flexibility index (Phi) is 7.40. The van der Waals surface area contributed by atoms with Crippen LogP contribution in [0, 0.1) is 6.92 Å². The van der Waals surface area contributed by atoms with Crippen LogP contribution in [0.2, 0.25) is 5.15 Å². The van der Waals surface area contributed by atoms with Gasteiger partial charge in [0.2, 0.25) is 11.8 Å². The highest BCUT2D eigenvalue weighted by atomic mass is 35.5. The zero-order valence-corrected chi connectivity index (χ0v) is 18.3. The SMILES string of the molecule is CCCCn1nc(C)c(/C=C/C(=O)N2CSCC2C(=O)NC(C)(C)C)c1Cl. The number of hydrogen-bond acceptors (Lipinski definition) is 4. The van der Waals surface area contributed by atoms with Crippen molar-refractivity contribution in [3.05, 3.63) is 22.5 Å². The molecule has 0 bridgehead atoms. The number of rotatable bonds is 6. The molecule has 1 N–H and O–H groups in total. The quantitative estimate of drug-likeness (QED) is 0.726. The van der Waals surface area contributed by atoms with Gasteiger partial charge in [-0.15, -0.1) is 11.8 Å². The lowest BCUT2D eigenvalue weighted by molar-refractivity contribution is -0.135. The molecule has 1 aromatic rings. The maximum atomic E-state index is 12.7. The molecule has 1 aromatic heterocycles. The van der Waals surface area contributed by atoms with Crippen molar-refractivity contribution in [1.82, 2.24) is 20.0 Å². The summed E-state index contributed by atoms with van der Waals surface area (Å²) in [7, 11) is 0. The fraction of sp³-hybridized carbons (Fsp3) is 0.632. The number of carbonyl (C=O) groups excluding carboxylic acids is 2. The minimum Gasteiger partial charge on any atom is -0.350 e. The molecule has 1 saturated heterocycles. The number of amides is 2. The highest BCUT2D eigenvalue weighted by Gasteiger charge is 2.35. The standard InChI is InChI=1S/C19H29ClN4O2S/c1-6-7-10-24-17(20)14(13(2)22-24)8-9-16(25)23-12-27-11-15(23)18(26)21-19(3,4)5/h8-9,15H,6-7,10-12H2,1-5H3,(H,21,26)/b9-8+. The van der Waals surface area contributed by atoms with Gasteiger partial charge in [-0.1, -0.05) is 24.9 Å². The summed E-state index contributed by atoms with van der Waals surface area (Å²) in [6.07, 6.45) is 5.25. The van der Waals surface area contributed by atoms with Crippen LogP contribution in [0.4, 0.5) is 0 Å². The van der Waals surface area contributed by atoms with E-state index in [0.717, 1.165) is 30.6 Å². The van der Waals surface area contributed by atoms with Crippen LogP contribution >= 0.6 is 23.4 Å². The van der Waals surface area contributed by atoms with Gasteiger partial charge in [0.25, 0.3) is 0 Å². The van der Waals surface area contributed by atoms with Crippen LogP contribution in [0.3, 0.4) is 0 Å². The van der Waals surface area contributed by atoms with Crippen molar-refractivity contribution in [1.29, 1.82) is 0 Å². The average Bonchev–Trinajstić information content (AvgIpc) is 3.15. The zero-order chi connectivity index (χ0) is 20.2. The molecule has 2 amide bonds. The predicted molar refractivity (Wildman–Crippen MR) is 112 cm³/mol. The van der Waals surface area contributed by atoms with Gasteiger partial charge in [0.15, 0.2) is 0 Å². The molecule has 2 rings (SSSR count). The molecule has 27 heavy (non-hydrogen) atoms. The van der Waals surface area contributed by atoms with E-state index in [0.29, 0.717) is 16.8 Å². The van der Waals surface area contributed by atoms with Gasteiger partial charge in [0.05, 0.1) is 11.6 Å². The maximum Gasteiger partial charge on any atom is 0.247 e. The Morgan fingerprint density at radius 1 is 1.41 bits per heavy atom. The summed E-state index contributed by atoms with van der Waals surface area (Å²) in [5, 5.41) is 7.95. The highest BCUT2D eigenvalue weighted by molar-refractivity contribution is 7.99. The molecule has 1 aliphatic rings. The molecule has 1 aliphatic heterocycles. The van der Waals surface area contributed by atoms with Crippen LogP contribution in [-0.4, -0.2) is 49.7 Å². The Balaban J connectivity index is 2.10. The van der Waals surface area contributed by atoms with E-state index in [1.807, 2.05) is 27.7 Å². The first-order chi connectivity index (χ1) is 12.6. The van der Waals surface area contributed by atoms with Crippen molar-refractivity contribution in [3.63, 3.8) is 0 Å². The van der Waals surface area contributed by atoms with Crippen LogP contribution < -0.4 is 5.32 Å². The monoisotopic (exact) mass is 412 g/mol. The zero-order valence-electron chi connectivity index (χ0n) is 16.7. The number of carbonyl (C=O) groups is 2. The van der Waals surface area contributed by atoms with Crippen LogP contribution in [0.5, 0.6) is 0 Å². The molecule has 0 saturated carbocycles. The summed E-state index contributed by atoms with van der Waals surface area (Å²) >= 11 is 8.00. The first kappa shape index (κ1) is 21.8. The molecule has 0 radical (unpaired) electrons. The Morgan fingerprint density at radius 2 is 2.11 bits per heavy atom. The van der Waals surface area contributed by atoms with Crippen molar-refractivity contribution >= 4 is 41.3 Å². The highest BCUT2D eigenvalue weighted by Crippen LogP contribution is 2.24. The number of nitrogens with one attached hydrogen (secondary N) is 1. The minimum atomic E-state index is -0.449. The minimum absolute atomic E-state index is 0.115. The van der Waals surface area contributed by atoms with E-state index in [1.165, 1.54) is 6.08 Å². The van der Waals surface area contributed by atoms with E-state index < -0.39 is 6.04 Å². The van der Waals surface area contributed by atoms with Crippen molar-refractivity contribution in [2.75, 3.05) is 11.6 Å². The number of halogens is 1. The summed E-state index contributed by atoms with van der Waals surface area (Å²) < 4.78 is 1.77. The summed E-state index contributed by atoms with van der Waals surface area (Å²) in [6.45, 7) is 10.5. The fourth-order valence-electron chi connectivity index (χ4n) is 2.79. The third kappa shape index (κ3) is 5.75. The lowest BCUT2D eigenvalue weighted by Gasteiger charge is -2.27. The van der Waals surface area contributed by atoms with Gasteiger partial charge in [-0.2, -0.15) is 5.10 Å². The van der Waals surface area contributed by atoms with Crippen molar-refractivity contribution in [3.8, 4) is 0 Å². The van der Waals surface area contributed by atoms with E-state index in [9.17, 15) is 9.59 Å². The second-order valence-electron chi connectivity index (χ2n) is 7.76. The van der Waals surface area contributed by atoms with Gasteiger partial charge in [0, 0.05) is 29.5 Å². The van der Waals surface area contributed by atoms with E-state index in [4.69, 9.17) is 11.6 Å². The molecular formula is C19H29ClN4O2S. The molecular weight excluding hydrogens is 384 g/mol. The van der Waals surface area contributed by atoms with E-state index >= 15 is 0 Å². The Bertz CT molecular complexity index is 724. The molecule has 2 heterocycles. The molecule has 150 valence electrons. The molecule has 1 unspecified atom stereocenters. The average molecular weight is 413 g/mol. The third-order valence-corrected chi connectivity index (χ3v) is 5.60. The summed E-state index contributed by atoms with van der Waals surface area (Å²) in [6, 6.07) is -0.449. The molecule has 8 heteroatoms. The first-order valence-electron chi connectivity index (χ1n) is 9.25. The third-order valence-electron chi connectivity index (χ3n) is 4.19. The van der Waals surface area contributed by atoms with Crippen LogP contribution in [0.1, 0.15) is 51.8 Å². The van der Waals surface area contributed by atoms with Crippen molar-refractivity contribution < 1.29 is 9.59 Å². The van der Waals surface area contributed by atoms with Gasteiger partial charge in [0.1, 0.15) is 11.2 Å². The van der Waals surface area contributed by atoms with Crippen molar-refractivity contribution in [2.45, 2.75) is 65.6 Å².